The van der Waals surface area contributed by atoms with Crippen molar-refractivity contribution in [1.29, 1.82) is 0 Å². The fraction of sp³-hybridized carbons (Fsp3) is 0.167. The van der Waals surface area contributed by atoms with Crippen LogP contribution in [0, 0.1) is 6.92 Å². The van der Waals surface area contributed by atoms with Gasteiger partial charge in [0.05, 0.1) is 28.4 Å². The molecule has 0 aliphatic carbocycles. The quantitative estimate of drug-likeness (QED) is 0.456. The molecule has 3 amide bonds. The SMILES string of the molecule is Cc1ccccc1N1C(=O)c2ccc(C(=O)OCC(=O)NC(C)c3cccs3)cc2C1=O. The second kappa shape index (κ2) is 8.76. The Bertz CT molecular complexity index is 1220. The number of carbonyl (C=O) groups excluding carboxylic acids is 4. The second-order valence-corrected chi connectivity index (χ2v) is 8.35. The van der Waals surface area contributed by atoms with Crippen LogP contribution in [0.2, 0.25) is 0 Å². The van der Waals surface area contributed by atoms with Crippen LogP contribution < -0.4 is 10.2 Å². The van der Waals surface area contributed by atoms with Crippen molar-refractivity contribution in [2.45, 2.75) is 19.9 Å². The van der Waals surface area contributed by atoms with Crippen molar-refractivity contribution in [1.82, 2.24) is 5.32 Å². The minimum Gasteiger partial charge on any atom is -0.452 e. The van der Waals surface area contributed by atoms with E-state index >= 15 is 0 Å². The molecular weight excluding hydrogens is 428 g/mol. The molecule has 1 aliphatic heterocycles. The largest absolute Gasteiger partial charge is 0.452 e. The minimum atomic E-state index is -0.749. The van der Waals surface area contributed by atoms with Crippen LogP contribution in [0.5, 0.6) is 0 Å². The van der Waals surface area contributed by atoms with Gasteiger partial charge >= 0.3 is 5.97 Å². The predicted molar refractivity (Wildman–Crippen MR) is 120 cm³/mol. The number of hydrogen-bond acceptors (Lipinski definition) is 6. The van der Waals surface area contributed by atoms with Crippen LogP contribution in [0.25, 0.3) is 0 Å². The Balaban J connectivity index is 1.44. The molecule has 0 spiro atoms. The summed E-state index contributed by atoms with van der Waals surface area (Å²) >= 11 is 1.52. The molecule has 2 heterocycles. The fourth-order valence-electron chi connectivity index (χ4n) is 3.51. The van der Waals surface area contributed by atoms with Gasteiger partial charge in [-0.05, 0) is 55.1 Å². The Morgan fingerprint density at radius 3 is 2.50 bits per heavy atom. The van der Waals surface area contributed by atoms with Crippen LogP contribution in [0.15, 0.2) is 60.0 Å². The number of carbonyl (C=O) groups is 4. The van der Waals surface area contributed by atoms with Gasteiger partial charge in [0.25, 0.3) is 17.7 Å². The van der Waals surface area contributed by atoms with E-state index in [1.807, 2.05) is 43.5 Å². The molecule has 0 fully saturated rings. The molecule has 0 bridgehead atoms. The van der Waals surface area contributed by atoms with E-state index in [4.69, 9.17) is 4.74 Å². The predicted octanol–water partition coefficient (Wildman–Crippen LogP) is 3.89. The molecule has 4 rings (SSSR count). The first-order valence-corrected chi connectivity index (χ1v) is 10.8. The third-order valence-electron chi connectivity index (χ3n) is 5.16. The van der Waals surface area contributed by atoms with E-state index in [0.717, 1.165) is 15.3 Å². The molecular formula is C24H20N2O5S. The number of nitrogens with one attached hydrogen (secondary N) is 1. The third-order valence-corrected chi connectivity index (χ3v) is 6.22. The first kappa shape index (κ1) is 21.5. The van der Waals surface area contributed by atoms with Gasteiger partial charge in [-0.25, -0.2) is 9.69 Å². The zero-order valence-corrected chi connectivity index (χ0v) is 18.3. The monoisotopic (exact) mass is 448 g/mol. The van der Waals surface area contributed by atoms with Crippen LogP contribution >= 0.6 is 11.3 Å². The van der Waals surface area contributed by atoms with E-state index in [-0.39, 0.29) is 22.7 Å². The highest BCUT2D eigenvalue weighted by atomic mass is 32.1. The topological polar surface area (TPSA) is 92.8 Å². The van der Waals surface area contributed by atoms with E-state index in [0.29, 0.717) is 5.69 Å². The number of esters is 1. The van der Waals surface area contributed by atoms with Crippen molar-refractivity contribution < 1.29 is 23.9 Å². The van der Waals surface area contributed by atoms with Gasteiger partial charge in [0.15, 0.2) is 6.61 Å². The van der Waals surface area contributed by atoms with E-state index in [1.54, 1.807) is 12.1 Å². The summed E-state index contributed by atoms with van der Waals surface area (Å²) in [6.07, 6.45) is 0. The molecule has 32 heavy (non-hydrogen) atoms. The van der Waals surface area contributed by atoms with E-state index < -0.39 is 30.3 Å². The van der Waals surface area contributed by atoms with Crippen molar-refractivity contribution in [2.75, 3.05) is 11.5 Å². The maximum atomic E-state index is 12.9. The smallest absolute Gasteiger partial charge is 0.338 e. The van der Waals surface area contributed by atoms with Gasteiger partial charge < -0.3 is 10.1 Å². The number of ether oxygens (including phenoxy) is 1. The van der Waals surface area contributed by atoms with Crippen molar-refractivity contribution in [3.63, 3.8) is 0 Å². The number of para-hydroxylation sites is 1. The highest BCUT2D eigenvalue weighted by Gasteiger charge is 2.37. The van der Waals surface area contributed by atoms with Gasteiger partial charge in [0.2, 0.25) is 0 Å². The number of hydrogen-bond donors (Lipinski definition) is 1. The van der Waals surface area contributed by atoms with Gasteiger partial charge in [-0.15, -0.1) is 11.3 Å². The summed E-state index contributed by atoms with van der Waals surface area (Å²) in [7, 11) is 0. The summed E-state index contributed by atoms with van der Waals surface area (Å²) < 4.78 is 5.10. The van der Waals surface area contributed by atoms with Crippen LogP contribution in [0.3, 0.4) is 0 Å². The number of imide groups is 1. The maximum Gasteiger partial charge on any atom is 0.338 e. The Labute approximate surface area is 188 Å². The summed E-state index contributed by atoms with van der Waals surface area (Å²) in [5, 5.41) is 4.68. The molecule has 1 unspecified atom stereocenters. The summed E-state index contributed by atoms with van der Waals surface area (Å²) in [6, 6.07) is 14.9. The van der Waals surface area contributed by atoms with E-state index in [2.05, 4.69) is 5.32 Å². The van der Waals surface area contributed by atoms with Gasteiger partial charge in [0.1, 0.15) is 0 Å². The van der Waals surface area contributed by atoms with E-state index in [1.165, 1.54) is 29.5 Å². The lowest BCUT2D eigenvalue weighted by atomic mass is 10.1. The Hall–Kier alpha value is -3.78. The third kappa shape index (κ3) is 4.04. The number of nitrogens with zero attached hydrogens (tertiary/aromatic N) is 1. The van der Waals surface area contributed by atoms with Gasteiger partial charge in [-0.3, -0.25) is 14.4 Å². The molecule has 8 heteroatoms. The first-order valence-electron chi connectivity index (χ1n) is 9.95. The van der Waals surface area contributed by atoms with Gasteiger partial charge in [-0.2, -0.15) is 0 Å². The molecule has 1 atom stereocenters. The van der Waals surface area contributed by atoms with Crippen molar-refractivity contribution in [3.8, 4) is 0 Å². The first-order chi connectivity index (χ1) is 15.4. The molecule has 162 valence electrons. The number of fused-ring (bicyclic) bond motifs is 1. The van der Waals surface area contributed by atoms with Gasteiger partial charge in [0, 0.05) is 4.88 Å². The number of thiophene rings is 1. The number of rotatable bonds is 6. The van der Waals surface area contributed by atoms with Crippen LogP contribution in [0.4, 0.5) is 5.69 Å². The lowest BCUT2D eigenvalue weighted by molar-refractivity contribution is -0.124. The number of anilines is 1. The Morgan fingerprint density at radius 2 is 1.78 bits per heavy atom. The summed E-state index contributed by atoms with van der Waals surface area (Å²) in [6.45, 7) is 3.20. The van der Waals surface area contributed by atoms with Crippen molar-refractivity contribution in [3.05, 3.63) is 87.1 Å². The summed E-state index contributed by atoms with van der Waals surface area (Å²) in [5.41, 5.74) is 1.72. The molecule has 1 N–H and O–H groups in total. The Kier molecular flexibility index (Phi) is 5.87. The van der Waals surface area contributed by atoms with E-state index in [9.17, 15) is 19.2 Å². The number of amides is 3. The summed E-state index contributed by atoms with van der Waals surface area (Å²) in [5.74, 6) is -2.13. The maximum absolute atomic E-state index is 12.9. The highest BCUT2D eigenvalue weighted by Crippen LogP contribution is 2.31. The molecule has 2 aromatic carbocycles. The standard InChI is InChI=1S/C24H20N2O5S/c1-14-6-3-4-7-19(14)26-22(28)17-10-9-16(12-18(17)23(26)29)24(30)31-13-21(27)25-15(2)20-8-5-11-32-20/h3-12,15H,13H2,1-2H3,(H,25,27). The molecule has 7 nitrogen and oxygen atoms in total. The average molecular weight is 449 g/mol. The van der Waals surface area contributed by atoms with Crippen molar-refractivity contribution >= 4 is 40.7 Å². The minimum absolute atomic E-state index is 0.0932. The van der Waals surface area contributed by atoms with Gasteiger partial charge in [-0.1, -0.05) is 24.3 Å². The zero-order valence-electron chi connectivity index (χ0n) is 17.5. The molecule has 0 saturated heterocycles. The molecule has 1 aromatic heterocycles. The zero-order chi connectivity index (χ0) is 22.8. The number of benzene rings is 2. The van der Waals surface area contributed by atoms with Crippen molar-refractivity contribution in [2.24, 2.45) is 0 Å². The molecule has 1 aliphatic rings. The lowest BCUT2D eigenvalue weighted by Gasteiger charge is -2.16. The molecule has 0 saturated carbocycles. The summed E-state index contributed by atoms with van der Waals surface area (Å²) in [4.78, 5) is 52.4. The van der Waals surface area contributed by atoms with Crippen LogP contribution in [0.1, 0.15) is 54.5 Å². The normalized spacial score (nSPS) is 13.6. The van der Waals surface area contributed by atoms with Crippen LogP contribution in [-0.2, 0) is 9.53 Å². The second-order valence-electron chi connectivity index (χ2n) is 7.37. The molecule has 3 aromatic rings. The van der Waals surface area contributed by atoms with Crippen LogP contribution in [-0.4, -0.2) is 30.3 Å². The molecule has 0 radical (unpaired) electrons. The highest BCUT2D eigenvalue weighted by molar-refractivity contribution is 7.10. The fourth-order valence-corrected chi connectivity index (χ4v) is 4.24. The Morgan fingerprint density at radius 1 is 1.03 bits per heavy atom. The number of aryl methyl sites for hydroxylation is 1. The lowest BCUT2D eigenvalue weighted by Crippen LogP contribution is -2.30. The average Bonchev–Trinajstić information content (AvgIpc) is 3.40.